The lowest BCUT2D eigenvalue weighted by molar-refractivity contribution is 0.0474. The zero-order chi connectivity index (χ0) is 10.0. The number of rotatable bonds is 2. The van der Waals surface area contributed by atoms with Crippen LogP contribution >= 0.6 is 0 Å². The van der Waals surface area contributed by atoms with Crippen molar-refractivity contribution in [2.45, 2.75) is 51.6 Å². The molecule has 0 aromatic carbocycles. The first kappa shape index (κ1) is 10.4. The smallest absolute Gasteiger partial charge is 0.0545 e. The molecule has 1 aliphatic heterocycles. The van der Waals surface area contributed by atoms with Gasteiger partial charge in [0, 0.05) is 13.2 Å². The molecule has 1 saturated carbocycles. The monoisotopic (exact) mass is 198 g/mol. The van der Waals surface area contributed by atoms with Crippen LogP contribution in [-0.2, 0) is 4.74 Å². The Bertz CT molecular complexity index is 187. The fourth-order valence-electron chi connectivity index (χ4n) is 3.12. The SMILES string of the molecule is CC1(CC2CCOCC2)CCC(O)C1. The Balaban J connectivity index is 1.83. The Morgan fingerprint density at radius 1 is 1.29 bits per heavy atom. The molecule has 2 heteroatoms. The van der Waals surface area contributed by atoms with Gasteiger partial charge in [0.25, 0.3) is 0 Å². The molecule has 0 aromatic rings. The fourth-order valence-corrected chi connectivity index (χ4v) is 3.12. The van der Waals surface area contributed by atoms with Gasteiger partial charge in [0.1, 0.15) is 0 Å². The zero-order valence-electron chi connectivity index (χ0n) is 9.17. The van der Waals surface area contributed by atoms with Crippen LogP contribution in [0.25, 0.3) is 0 Å². The summed E-state index contributed by atoms with van der Waals surface area (Å²) in [5.74, 6) is 0.846. The van der Waals surface area contributed by atoms with Gasteiger partial charge >= 0.3 is 0 Å². The Morgan fingerprint density at radius 3 is 2.57 bits per heavy atom. The molecular formula is C12H22O2. The highest BCUT2D eigenvalue weighted by Gasteiger charge is 2.36. The minimum absolute atomic E-state index is 0.0279. The summed E-state index contributed by atoms with van der Waals surface area (Å²) in [6, 6.07) is 0. The summed E-state index contributed by atoms with van der Waals surface area (Å²) in [4.78, 5) is 0. The first-order chi connectivity index (χ1) is 6.68. The largest absolute Gasteiger partial charge is 0.393 e. The van der Waals surface area contributed by atoms with Crippen molar-refractivity contribution >= 4 is 0 Å². The van der Waals surface area contributed by atoms with Crippen molar-refractivity contribution in [2.24, 2.45) is 11.3 Å². The second-order valence-electron chi connectivity index (χ2n) is 5.47. The summed E-state index contributed by atoms with van der Waals surface area (Å²) in [6.07, 6.45) is 6.97. The quantitative estimate of drug-likeness (QED) is 0.738. The van der Waals surface area contributed by atoms with Crippen LogP contribution in [-0.4, -0.2) is 24.4 Å². The van der Waals surface area contributed by atoms with Gasteiger partial charge in [-0.05, 0) is 49.9 Å². The molecule has 0 bridgehead atoms. The molecule has 0 amide bonds. The van der Waals surface area contributed by atoms with Gasteiger partial charge in [0.15, 0.2) is 0 Å². The van der Waals surface area contributed by atoms with E-state index in [9.17, 15) is 5.11 Å². The molecule has 1 heterocycles. The third kappa shape index (κ3) is 2.48. The lowest BCUT2D eigenvalue weighted by Crippen LogP contribution is -2.23. The molecule has 0 spiro atoms. The maximum Gasteiger partial charge on any atom is 0.0545 e. The average Bonchev–Trinajstić information content (AvgIpc) is 2.47. The highest BCUT2D eigenvalue weighted by molar-refractivity contribution is 4.87. The van der Waals surface area contributed by atoms with Gasteiger partial charge in [-0.2, -0.15) is 0 Å². The van der Waals surface area contributed by atoms with Gasteiger partial charge in [-0.15, -0.1) is 0 Å². The molecule has 1 aliphatic carbocycles. The van der Waals surface area contributed by atoms with Crippen molar-refractivity contribution in [3.63, 3.8) is 0 Å². The molecule has 14 heavy (non-hydrogen) atoms. The van der Waals surface area contributed by atoms with Crippen LogP contribution in [0.4, 0.5) is 0 Å². The van der Waals surface area contributed by atoms with E-state index in [2.05, 4.69) is 6.92 Å². The molecule has 0 radical (unpaired) electrons. The van der Waals surface area contributed by atoms with E-state index in [0.717, 1.165) is 32.0 Å². The van der Waals surface area contributed by atoms with E-state index in [4.69, 9.17) is 4.74 Å². The first-order valence-corrected chi connectivity index (χ1v) is 5.94. The van der Waals surface area contributed by atoms with Gasteiger partial charge in [0.2, 0.25) is 0 Å². The summed E-state index contributed by atoms with van der Waals surface area (Å²) in [5, 5.41) is 9.57. The number of hydrogen-bond donors (Lipinski definition) is 1. The van der Waals surface area contributed by atoms with Crippen molar-refractivity contribution < 1.29 is 9.84 Å². The minimum Gasteiger partial charge on any atom is -0.393 e. The van der Waals surface area contributed by atoms with E-state index in [0.29, 0.717) is 5.41 Å². The molecule has 2 rings (SSSR count). The summed E-state index contributed by atoms with van der Waals surface area (Å²) >= 11 is 0. The van der Waals surface area contributed by atoms with Crippen LogP contribution in [0.2, 0.25) is 0 Å². The standard InChI is InChI=1S/C12H22O2/c1-12(5-2-11(13)9-12)8-10-3-6-14-7-4-10/h10-11,13H,2-9H2,1H3. The zero-order valence-corrected chi connectivity index (χ0v) is 9.17. The summed E-state index contributed by atoms with van der Waals surface area (Å²) in [5.41, 5.74) is 0.418. The lowest BCUT2D eigenvalue weighted by atomic mass is 9.77. The van der Waals surface area contributed by atoms with E-state index in [1.807, 2.05) is 0 Å². The predicted octanol–water partition coefficient (Wildman–Crippen LogP) is 2.35. The fraction of sp³-hybridized carbons (Fsp3) is 1.00. The van der Waals surface area contributed by atoms with E-state index < -0.39 is 0 Å². The number of aliphatic hydroxyl groups excluding tert-OH is 1. The summed E-state index contributed by atoms with van der Waals surface area (Å²) in [6.45, 7) is 4.24. The minimum atomic E-state index is -0.0279. The lowest BCUT2D eigenvalue weighted by Gasteiger charge is -2.31. The van der Waals surface area contributed by atoms with E-state index in [1.54, 1.807) is 0 Å². The Morgan fingerprint density at radius 2 is 2.00 bits per heavy atom. The van der Waals surface area contributed by atoms with E-state index in [1.165, 1.54) is 25.7 Å². The van der Waals surface area contributed by atoms with Crippen molar-refractivity contribution in [1.82, 2.24) is 0 Å². The van der Waals surface area contributed by atoms with Gasteiger partial charge in [-0.25, -0.2) is 0 Å². The van der Waals surface area contributed by atoms with Crippen molar-refractivity contribution in [3.8, 4) is 0 Å². The van der Waals surface area contributed by atoms with Crippen LogP contribution in [0.3, 0.4) is 0 Å². The summed E-state index contributed by atoms with van der Waals surface area (Å²) in [7, 11) is 0. The van der Waals surface area contributed by atoms with Crippen LogP contribution in [0.15, 0.2) is 0 Å². The second-order valence-corrected chi connectivity index (χ2v) is 5.47. The van der Waals surface area contributed by atoms with Crippen molar-refractivity contribution in [1.29, 1.82) is 0 Å². The molecule has 2 nitrogen and oxygen atoms in total. The topological polar surface area (TPSA) is 29.5 Å². The Kier molecular flexibility index (Phi) is 3.13. The average molecular weight is 198 g/mol. The molecule has 2 unspecified atom stereocenters. The van der Waals surface area contributed by atoms with E-state index in [-0.39, 0.29) is 6.10 Å². The Labute approximate surface area is 86.6 Å². The van der Waals surface area contributed by atoms with Crippen molar-refractivity contribution in [3.05, 3.63) is 0 Å². The normalized spacial score (nSPS) is 40.3. The van der Waals surface area contributed by atoms with Crippen LogP contribution in [0.1, 0.15) is 45.4 Å². The molecule has 1 saturated heterocycles. The third-order valence-corrected chi connectivity index (χ3v) is 3.93. The van der Waals surface area contributed by atoms with Crippen LogP contribution in [0.5, 0.6) is 0 Å². The molecule has 1 N–H and O–H groups in total. The molecular weight excluding hydrogens is 176 g/mol. The molecule has 82 valence electrons. The Hall–Kier alpha value is -0.0800. The molecule has 0 aromatic heterocycles. The van der Waals surface area contributed by atoms with Gasteiger partial charge < -0.3 is 9.84 Å². The second kappa shape index (κ2) is 4.19. The summed E-state index contributed by atoms with van der Waals surface area (Å²) < 4.78 is 5.37. The number of aliphatic hydroxyl groups is 1. The molecule has 2 atom stereocenters. The molecule has 2 fully saturated rings. The van der Waals surface area contributed by atoms with Crippen LogP contribution < -0.4 is 0 Å². The van der Waals surface area contributed by atoms with Gasteiger partial charge in [-0.3, -0.25) is 0 Å². The van der Waals surface area contributed by atoms with Gasteiger partial charge in [-0.1, -0.05) is 6.92 Å². The highest BCUT2D eigenvalue weighted by Crippen LogP contribution is 2.44. The van der Waals surface area contributed by atoms with Crippen molar-refractivity contribution in [2.75, 3.05) is 13.2 Å². The molecule has 2 aliphatic rings. The van der Waals surface area contributed by atoms with Gasteiger partial charge in [0.05, 0.1) is 6.10 Å². The first-order valence-electron chi connectivity index (χ1n) is 5.94. The third-order valence-electron chi connectivity index (χ3n) is 3.93. The van der Waals surface area contributed by atoms with Crippen LogP contribution in [0, 0.1) is 11.3 Å². The predicted molar refractivity (Wildman–Crippen MR) is 56.1 cm³/mol. The highest BCUT2D eigenvalue weighted by atomic mass is 16.5. The number of ether oxygens (including phenoxy) is 1. The number of hydrogen-bond acceptors (Lipinski definition) is 2. The van der Waals surface area contributed by atoms with E-state index >= 15 is 0 Å². The maximum atomic E-state index is 9.57. The maximum absolute atomic E-state index is 9.57.